The molecular weight excluding hydrogens is 340 g/mol. The first kappa shape index (κ1) is 13.9. The summed E-state index contributed by atoms with van der Waals surface area (Å²) in [5.74, 6) is 0.924. The molecule has 2 N–H and O–H groups in total. The van der Waals surface area contributed by atoms with Gasteiger partial charge in [-0.3, -0.25) is 0 Å². The summed E-state index contributed by atoms with van der Waals surface area (Å²) in [6, 6.07) is 14.8. The van der Waals surface area contributed by atoms with Crippen molar-refractivity contribution >= 4 is 26.8 Å². The lowest BCUT2D eigenvalue weighted by atomic mass is 9.94. The number of hydrogen-bond donors (Lipinski definition) is 2. The summed E-state index contributed by atoms with van der Waals surface area (Å²) in [6.07, 6.45) is 1.04. The molecule has 22 heavy (non-hydrogen) atoms. The summed E-state index contributed by atoms with van der Waals surface area (Å²) in [5, 5.41) is 4.93. The highest BCUT2D eigenvalue weighted by Crippen LogP contribution is 2.37. The van der Waals surface area contributed by atoms with E-state index in [1.54, 1.807) is 7.11 Å². The zero-order chi connectivity index (χ0) is 15.1. The number of nitrogens with one attached hydrogen (secondary N) is 2. The first-order chi connectivity index (χ1) is 10.8. The van der Waals surface area contributed by atoms with Crippen LogP contribution in [0.3, 0.4) is 0 Å². The second kappa shape index (κ2) is 5.45. The minimum absolute atomic E-state index is 0.145. The highest BCUT2D eigenvalue weighted by Gasteiger charge is 2.27. The van der Waals surface area contributed by atoms with Gasteiger partial charge < -0.3 is 15.0 Å². The Morgan fingerprint density at radius 2 is 2.05 bits per heavy atom. The minimum Gasteiger partial charge on any atom is -0.496 e. The van der Waals surface area contributed by atoms with E-state index in [0.29, 0.717) is 0 Å². The molecule has 3 nitrogen and oxygen atoms in total. The van der Waals surface area contributed by atoms with Gasteiger partial charge >= 0.3 is 0 Å². The maximum atomic E-state index is 5.55. The summed E-state index contributed by atoms with van der Waals surface area (Å²) >= 11 is 3.58. The zero-order valence-electron chi connectivity index (χ0n) is 12.3. The summed E-state index contributed by atoms with van der Waals surface area (Å²) in [5.41, 5.74) is 5.03. The van der Waals surface area contributed by atoms with E-state index in [0.717, 1.165) is 23.2 Å². The van der Waals surface area contributed by atoms with Crippen molar-refractivity contribution in [3.63, 3.8) is 0 Å². The Morgan fingerprint density at radius 1 is 1.18 bits per heavy atom. The van der Waals surface area contributed by atoms with E-state index < -0.39 is 0 Å². The van der Waals surface area contributed by atoms with Crippen molar-refractivity contribution in [1.82, 2.24) is 10.3 Å². The van der Waals surface area contributed by atoms with Crippen molar-refractivity contribution in [1.29, 1.82) is 0 Å². The predicted octanol–water partition coefficient (Wildman–Crippen LogP) is 4.17. The number of benzene rings is 2. The highest BCUT2D eigenvalue weighted by atomic mass is 79.9. The van der Waals surface area contributed by atoms with Crippen LogP contribution in [0.4, 0.5) is 0 Å². The van der Waals surface area contributed by atoms with E-state index in [1.807, 2.05) is 12.1 Å². The molecule has 3 aromatic rings. The molecule has 4 rings (SSSR count). The smallest absolute Gasteiger partial charge is 0.124 e. The molecule has 1 aliphatic heterocycles. The van der Waals surface area contributed by atoms with Crippen molar-refractivity contribution < 1.29 is 4.74 Å². The van der Waals surface area contributed by atoms with Crippen LogP contribution in [0.2, 0.25) is 0 Å². The second-order valence-corrected chi connectivity index (χ2v) is 6.50. The fourth-order valence-electron chi connectivity index (χ4n) is 3.37. The van der Waals surface area contributed by atoms with Gasteiger partial charge in [0.1, 0.15) is 5.75 Å². The number of para-hydroxylation sites is 1. The zero-order valence-corrected chi connectivity index (χ0v) is 13.9. The molecule has 1 unspecified atom stereocenters. The Balaban J connectivity index is 1.90. The Kier molecular flexibility index (Phi) is 3.43. The van der Waals surface area contributed by atoms with Gasteiger partial charge in [-0.15, -0.1) is 0 Å². The fourth-order valence-corrected chi connectivity index (χ4v) is 3.73. The van der Waals surface area contributed by atoms with Gasteiger partial charge in [0.15, 0.2) is 0 Å². The number of ether oxygens (including phenoxy) is 1. The van der Waals surface area contributed by atoms with Gasteiger partial charge in [-0.05, 0) is 36.2 Å². The fraction of sp³-hybridized carbons (Fsp3) is 0.222. The first-order valence-electron chi connectivity index (χ1n) is 7.44. The summed E-state index contributed by atoms with van der Waals surface area (Å²) < 4.78 is 6.66. The van der Waals surface area contributed by atoms with Crippen LogP contribution in [0, 0.1) is 0 Å². The predicted molar refractivity (Wildman–Crippen MR) is 92.5 cm³/mol. The molecule has 0 bridgehead atoms. The summed E-state index contributed by atoms with van der Waals surface area (Å²) in [4.78, 5) is 3.60. The van der Waals surface area contributed by atoms with Crippen LogP contribution in [0.15, 0.2) is 46.9 Å². The SMILES string of the molecule is COc1ccccc1C1NCCc2c1[nH]c1ccc(Br)cc21. The number of aromatic nitrogens is 1. The van der Waals surface area contributed by atoms with E-state index in [1.165, 1.54) is 27.7 Å². The van der Waals surface area contributed by atoms with Gasteiger partial charge in [0.25, 0.3) is 0 Å². The molecule has 2 heterocycles. The molecule has 0 spiro atoms. The molecule has 0 saturated heterocycles. The lowest BCUT2D eigenvalue weighted by Gasteiger charge is -2.26. The quantitative estimate of drug-likeness (QED) is 0.722. The Bertz CT molecular complexity index is 840. The molecule has 112 valence electrons. The van der Waals surface area contributed by atoms with Crippen LogP contribution < -0.4 is 10.1 Å². The van der Waals surface area contributed by atoms with Crippen LogP contribution in [0.25, 0.3) is 10.9 Å². The Morgan fingerprint density at radius 3 is 2.91 bits per heavy atom. The number of H-pyrrole nitrogens is 1. The van der Waals surface area contributed by atoms with Crippen LogP contribution in [0.1, 0.15) is 22.9 Å². The van der Waals surface area contributed by atoms with Gasteiger partial charge in [0.2, 0.25) is 0 Å². The lowest BCUT2D eigenvalue weighted by Crippen LogP contribution is -2.30. The average Bonchev–Trinajstić information content (AvgIpc) is 2.93. The maximum Gasteiger partial charge on any atom is 0.124 e. The van der Waals surface area contributed by atoms with Crippen molar-refractivity contribution in [2.75, 3.05) is 13.7 Å². The number of aromatic amines is 1. The van der Waals surface area contributed by atoms with E-state index in [2.05, 4.69) is 56.6 Å². The van der Waals surface area contributed by atoms with E-state index >= 15 is 0 Å². The van der Waals surface area contributed by atoms with E-state index in [-0.39, 0.29) is 6.04 Å². The first-order valence-corrected chi connectivity index (χ1v) is 8.23. The molecule has 2 aromatic carbocycles. The molecule has 0 saturated carbocycles. The lowest BCUT2D eigenvalue weighted by molar-refractivity contribution is 0.402. The van der Waals surface area contributed by atoms with Crippen LogP contribution in [-0.2, 0) is 6.42 Å². The third-order valence-electron chi connectivity index (χ3n) is 4.36. The molecule has 0 aliphatic carbocycles. The normalized spacial score (nSPS) is 17.5. The second-order valence-electron chi connectivity index (χ2n) is 5.59. The summed E-state index contributed by atoms with van der Waals surface area (Å²) in [7, 11) is 1.73. The Hall–Kier alpha value is -1.78. The molecule has 0 radical (unpaired) electrons. The largest absolute Gasteiger partial charge is 0.496 e. The van der Waals surface area contributed by atoms with Crippen LogP contribution in [0.5, 0.6) is 5.75 Å². The van der Waals surface area contributed by atoms with Gasteiger partial charge in [0.05, 0.1) is 13.2 Å². The molecule has 4 heteroatoms. The molecule has 0 fully saturated rings. The number of hydrogen-bond acceptors (Lipinski definition) is 2. The van der Waals surface area contributed by atoms with Gasteiger partial charge in [-0.2, -0.15) is 0 Å². The number of methoxy groups -OCH3 is 1. The number of fused-ring (bicyclic) bond motifs is 3. The van der Waals surface area contributed by atoms with Crippen LogP contribution >= 0.6 is 15.9 Å². The molecule has 1 aliphatic rings. The van der Waals surface area contributed by atoms with Crippen molar-refractivity contribution in [2.24, 2.45) is 0 Å². The third-order valence-corrected chi connectivity index (χ3v) is 4.86. The van der Waals surface area contributed by atoms with Crippen LogP contribution in [-0.4, -0.2) is 18.6 Å². The molecular formula is C18H17BrN2O. The third kappa shape index (κ3) is 2.14. The number of rotatable bonds is 2. The van der Waals surface area contributed by atoms with Gasteiger partial charge in [-0.25, -0.2) is 0 Å². The maximum absolute atomic E-state index is 5.55. The minimum atomic E-state index is 0.145. The van der Waals surface area contributed by atoms with Crippen molar-refractivity contribution in [3.8, 4) is 5.75 Å². The highest BCUT2D eigenvalue weighted by molar-refractivity contribution is 9.10. The summed E-state index contributed by atoms with van der Waals surface area (Å²) in [6.45, 7) is 0.967. The topological polar surface area (TPSA) is 37.0 Å². The average molecular weight is 357 g/mol. The van der Waals surface area contributed by atoms with E-state index in [4.69, 9.17) is 4.74 Å². The van der Waals surface area contributed by atoms with Gasteiger partial charge in [0, 0.05) is 33.2 Å². The molecule has 1 atom stereocenters. The molecule has 1 aromatic heterocycles. The standard InChI is InChI=1S/C18H17BrN2O/c1-22-16-5-3-2-4-13(16)17-18-12(8-9-20-17)14-10-11(19)6-7-15(14)21-18/h2-7,10,17,20-21H,8-9H2,1H3. The van der Waals surface area contributed by atoms with Gasteiger partial charge in [-0.1, -0.05) is 34.1 Å². The van der Waals surface area contributed by atoms with Crippen molar-refractivity contribution in [3.05, 3.63) is 63.8 Å². The Labute approximate surface area is 137 Å². The number of halogens is 1. The van der Waals surface area contributed by atoms with Crippen molar-refractivity contribution in [2.45, 2.75) is 12.5 Å². The van der Waals surface area contributed by atoms with E-state index in [9.17, 15) is 0 Å². The molecule has 0 amide bonds. The monoisotopic (exact) mass is 356 g/mol.